The molecule has 128 valence electrons. The fourth-order valence-electron chi connectivity index (χ4n) is 2.26. The van der Waals surface area contributed by atoms with Gasteiger partial charge in [-0.3, -0.25) is 4.79 Å². The predicted octanol–water partition coefficient (Wildman–Crippen LogP) is 2.59. The van der Waals surface area contributed by atoms with Gasteiger partial charge in [-0.1, -0.05) is 36.4 Å². The standard InChI is InChI=1S/C19H24N2O3/c1-13(2)24-18-11-7-10-16(21-18)19(23)20-14(3)17(22)12-15-8-5-4-6-9-15/h4-11,13-14,17,22H,12H2,1-3H3,(H,20,23). The van der Waals surface area contributed by atoms with Crippen LogP contribution in [0.2, 0.25) is 0 Å². The number of hydrogen-bond acceptors (Lipinski definition) is 4. The minimum atomic E-state index is -0.675. The maximum absolute atomic E-state index is 12.3. The zero-order valence-corrected chi connectivity index (χ0v) is 14.3. The van der Waals surface area contributed by atoms with Crippen LogP contribution in [-0.4, -0.2) is 34.2 Å². The summed E-state index contributed by atoms with van der Waals surface area (Å²) in [4.78, 5) is 16.5. The van der Waals surface area contributed by atoms with Crippen molar-refractivity contribution in [2.45, 2.75) is 45.4 Å². The van der Waals surface area contributed by atoms with E-state index < -0.39 is 12.1 Å². The molecule has 5 nitrogen and oxygen atoms in total. The van der Waals surface area contributed by atoms with Crippen molar-refractivity contribution in [3.05, 3.63) is 59.8 Å². The molecule has 0 radical (unpaired) electrons. The highest BCUT2D eigenvalue weighted by atomic mass is 16.5. The molecular weight excluding hydrogens is 304 g/mol. The van der Waals surface area contributed by atoms with Crippen LogP contribution in [0.3, 0.4) is 0 Å². The molecule has 0 bridgehead atoms. The Morgan fingerprint density at radius 2 is 1.83 bits per heavy atom. The van der Waals surface area contributed by atoms with Crippen molar-refractivity contribution in [1.29, 1.82) is 0 Å². The summed E-state index contributed by atoms with van der Waals surface area (Å²) in [5, 5.41) is 13.1. The largest absolute Gasteiger partial charge is 0.475 e. The fourth-order valence-corrected chi connectivity index (χ4v) is 2.26. The first-order valence-corrected chi connectivity index (χ1v) is 8.12. The van der Waals surface area contributed by atoms with Crippen LogP contribution in [0.15, 0.2) is 48.5 Å². The van der Waals surface area contributed by atoms with E-state index >= 15 is 0 Å². The number of aliphatic hydroxyl groups excluding tert-OH is 1. The minimum Gasteiger partial charge on any atom is -0.475 e. The number of aliphatic hydroxyl groups is 1. The number of carbonyl (C=O) groups excluding carboxylic acids is 1. The minimum absolute atomic E-state index is 0.0116. The summed E-state index contributed by atoms with van der Waals surface area (Å²) in [6, 6.07) is 14.4. The Kier molecular flexibility index (Phi) is 6.32. The van der Waals surface area contributed by atoms with Crippen molar-refractivity contribution in [3.63, 3.8) is 0 Å². The van der Waals surface area contributed by atoms with Gasteiger partial charge < -0.3 is 15.2 Å². The Labute approximate surface area is 142 Å². The lowest BCUT2D eigenvalue weighted by molar-refractivity contribution is 0.0845. The highest BCUT2D eigenvalue weighted by Crippen LogP contribution is 2.11. The van der Waals surface area contributed by atoms with Crippen molar-refractivity contribution in [2.75, 3.05) is 0 Å². The van der Waals surface area contributed by atoms with E-state index in [4.69, 9.17) is 4.74 Å². The molecule has 1 aromatic heterocycles. The molecule has 5 heteroatoms. The van der Waals surface area contributed by atoms with Gasteiger partial charge in [-0.15, -0.1) is 0 Å². The van der Waals surface area contributed by atoms with Gasteiger partial charge >= 0.3 is 0 Å². The van der Waals surface area contributed by atoms with Crippen LogP contribution in [-0.2, 0) is 6.42 Å². The smallest absolute Gasteiger partial charge is 0.270 e. The number of hydrogen-bond donors (Lipinski definition) is 2. The second kappa shape index (κ2) is 8.45. The molecular formula is C19H24N2O3. The van der Waals surface area contributed by atoms with E-state index in [0.717, 1.165) is 5.56 Å². The average molecular weight is 328 g/mol. The van der Waals surface area contributed by atoms with Crippen LogP contribution in [0.4, 0.5) is 0 Å². The van der Waals surface area contributed by atoms with Gasteiger partial charge in [0.1, 0.15) is 5.69 Å². The molecule has 0 aliphatic carbocycles. The van der Waals surface area contributed by atoms with Crippen LogP contribution >= 0.6 is 0 Å². The number of rotatable bonds is 7. The van der Waals surface area contributed by atoms with Crippen molar-refractivity contribution < 1.29 is 14.6 Å². The first-order chi connectivity index (χ1) is 11.5. The second-order valence-corrected chi connectivity index (χ2v) is 6.05. The van der Waals surface area contributed by atoms with Gasteiger partial charge in [0.15, 0.2) is 0 Å². The number of carbonyl (C=O) groups is 1. The highest BCUT2D eigenvalue weighted by Gasteiger charge is 2.19. The third kappa shape index (κ3) is 5.35. The summed E-state index contributed by atoms with van der Waals surface area (Å²) in [6.07, 6.45) is -0.208. The SMILES string of the molecule is CC(C)Oc1cccc(C(=O)NC(C)C(O)Cc2ccccc2)n1. The number of ether oxygens (including phenoxy) is 1. The molecule has 0 aliphatic heterocycles. The average Bonchev–Trinajstić information content (AvgIpc) is 2.55. The maximum atomic E-state index is 12.3. The van der Waals surface area contributed by atoms with Crippen molar-refractivity contribution in [2.24, 2.45) is 0 Å². The van der Waals surface area contributed by atoms with Crippen molar-refractivity contribution in [1.82, 2.24) is 10.3 Å². The number of nitrogens with zero attached hydrogens (tertiary/aromatic N) is 1. The lowest BCUT2D eigenvalue weighted by atomic mass is 10.0. The van der Waals surface area contributed by atoms with E-state index in [9.17, 15) is 9.90 Å². The summed E-state index contributed by atoms with van der Waals surface area (Å²) in [7, 11) is 0. The number of pyridine rings is 1. The van der Waals surface area contributed by atoms with Gasteiger partial charge in [-0.25, -0.2) is 4.98 Å². The molecule has 1 heterocycles. The third-order valence-corrected chi connectivity index (χ3v) is 3.54. The van der Waals surface area contributed by atoms with Gasteiger partial charge in [0, 0.05) is 12.5 Å². The van der Waals surface area contributed by atoms with Crippen LogP contribution in [0.1, 0.15) is 36.8 Å². The van der Waals surface area contributed by atoms with E-state index in [-0.39, 0.29) is 17.7 Å². The Balaban J connectivity index is 1.95. The third-order valence-electron chi connectivity index (χ3n) is 3.54. The number of aromatic nitrogens is 1. The van der Waals surface area contributed by atoms with Gasteiger partial charge in [0.25, 0.3) is 5.91 Å². The van der Waals surface area contributed by atoms with Gasteiger partial charge in [-0.2, -0.15) is 0 Å². The second-order valence-electron chi connectivity index (χ2n) is 6.05. The molecule has 2 atom stereocenters. The molecule has 1 aromatic carbocycles. The monoisotopic (exact) mass is 328 g/mol. The summed E-state index contributed by atoms with van der Waals surface area (Å²) in [5.74, 6) is 0.0824. The summed E-state index contributed by atoms with van der Waals surface area (Å²) in [5.41, 5.74) is 1.29. The van der Waals surface area contributed by atoms with E-state index in [2.05, 4.69) is 10.3 Å². The van der Waals surface area contributed by atoms with Gasteiger partial charge in [0.2, 0.25) is 5.88 Å². The van der Waals surface area contributed by atoms with Gasteiger partial charge in [0.05, 0.1) is 18.2 Å². The zero-order valence-electron chi connectivity index (χ0n) is 14.3. The zero-order chi connectivity index (χ0) is 17.5. The van der Waals surface area contributed by atoms with Crippen LogP contribution in [0.5, 0.6) is 5.88 Å². The van der Waals surface area contributed by atoms with Crippen molar-refractivity contribution >= 4 is 5.91 Å². The van der Waals surface area contributed by atoms with E-state index in [1.54, 1.807) is 25.1 Å². The molecule has 0 saturated carbocycles. The Morgan fingerprint density at radius 1 is 1.12 bits per heavy atom. The lowest BCUT2D eigenvalue weighted by Crippen LogP contribution is -2.42. The Hall–Kier alpha value is -2.40. The van der Waals surface area contributed by atoms with E-state index in [0.29, 0.717) is 12.3 Å². The normalized spacial score (nSPS) is 13.4. The number of nitrogens with one attached hydrogen (secondary N) is 1. The summed E-state index contributed by atoms with van der Waals surface area (Å²) >= 11 is 0. The van der Waals surface area contributed by atoms with Crippen LogP contribution < -0.4 is 10.1 Å². The topological polar surface area (TPSA) is 71.5 Å². The van der Waals surface area contributed by atoms with Crippen LogP contribution in [0, 0.1) is 0 Å². The van der Waals surface area contributed by atoms with E-state index in [1.807, 2.05) is 44.2 Å². The molecule has 2 N–H and O–H groups in total. The molecule has 2 rings (SSSR count). The molecule has 0 aliphatic rings. The quantitative estimate of drug-likeness (QED) is 0.819. The number of benzene rings is 1. The lowest BCUT2D eigenvalue weighted by Gasteiger charge is -2.20. The fraction of sp³-hybridized carbons (Fsp3) is 0.368. The molecule has 0 spiro atoms. The van der Waals surface area contributed by atoms with E-state index in [1.165, 1.54) is 0 Å². The predicted molar refractivity (Wildman–Crippen MR) is 93.1 cm³/mol. The first kappa shape index (κ1) is 17.9. The Bertz CT molecular complexity index is 659. The van der Waals surface area contributed by atoms with Crippen molar-refractivity contribution in [3.8, 4) is 5.88 Å². The summed E-state index contributed by atoms with van der Waals surface area (Å²) in [6.45, 7) is 5.58. The molecule has 2 aromatic rings. The highest BCUT2D eigenvalue weighted by molar-refractivity contribution is 5.92. The molecule has 1 amide bonds. The molecule has 0 saturated heterocycles. The Morgan fingerprint density at radius 3 is 2.50 bits per heavy atom. The van der Waals surface area contributed by atoms with Gasteiger partial charge in [-0.05, 0) is 32.4 Å². The van der Waals surface area contributed by atoms with Crippen LogP contribution in [0.25, 0.3) is 0 Å². The molecule has 0 fully saturated rings. The number of amides is 1. The maximum Gasteiger partial charge on any atom is 0.270 e. The molecule has 2 unspecified atom stereocenters. The first-order valence-electron chi connectivity index (χ1n) is 8.12. The molecule has 24 heavy (non-hydrogen) atoms. The summed E-state index contributed by atoms with van der Waals surface area (Å²) < 4.78 is 5.50.